The zero-order valence-corrected chi connectivity index (χ0v) is 15.5. The van der Waals surface area contributed by atoms with Gasteiger partial charge >= 0.3 is 11.9 Å². The van der Waals surface area contributed by atoms with E-state index in [2.05, 4.69) is 9.47 Å². The molecule has 0 aromatic heterocycles. The molecule has 8 nitrogen and oxygen atoms in total. The molecule has 1 aromatic rings. The minimum Gasteiger partial charge on any atom is -0.469 e. The summed E-state index contributed by atoms with van der Waals surface area (Å²) in [5.41, 5.74) is -0.357. The fourth-order valence-electron chi connectivity index (χ4n) is 2.74. The number of allylic oxidation sites excluding steroid dienone is 2. The number of nitrogens with zero attached hydrogens (tertiary/aromatic N) is 1. The highest BCUT2D eigenvalue weighted by Gasteiger charge is 2.42. The summed E-state index contributed by atoms with van der Waals surface area (Å²) in [7, 11) is 2.16. The maximum Gasteiger partial charge on any atom is 0.329 e. The molecule has 0 aliphatic heterocycles. The van der Waals surface area contributed by atoms with E-state index >= 15 is 0 Å². The summed E-state index contributed by atoms with van der Waals surface area (Å²) in [5, 5.41) is -0.521. The first-order chi connectivity index (χ1) is 12.7. The van der Waals surface area contributed by atoms with Gasteiger partial charge in [-0.25, -0.2) is 4.79 Å². The summed E-state index contributed by atoms with van der Waals surface area (Å²) in [6, 6.07) is 4.43. The molecule has 0 bridgehead atoms. The monoisotopic (exact) mass is 393 g/mol. The van der Waals surface area contributed by atoms with Crippen molar-refractivity contribution in [1.82, 2.24) is 4.90 Å². The summed E-state index contributed by atoms with van der Waals surface area (Å²) in [4.78, 5) is 62.4. The molecule has 27 heavy (non-hydrogen) atoms. The van der Waals surface area contributed by atoms with Crippen molar-refractivity contribution in [3.05, 3.63) is 46.1 Å². The topological polar surface area (TPSA) is 107 Å². The van der Waals surface area contributed by atoms with E-state index in [-0.39, 0.29) is 11.1 Å². The predicted octanol–water partition coefficient (Wildman–Crippen LogP) is 1.47. The number of ether oxygens (including phenoxy) is 2. The van der Waals surface area contributed by atoms with Crippen molar-refractivity contribution in [2.45, 2.75) is 19.4 Å². The molecular weight excluding hydrogens is 378 g/mol. The Balaban J connectivity index is 2.64. The molecule has 0 heterocycles. The summed E-state index contributed by atoms with van der Waals surface area (Å²) >= 11 is 6.10. The average molecular weight is 394 g/mol. The third-order valence-electron chi connectivity index (χ3n) is 3.99. The number of amides is 1. The van der Waals surface area contributed by atoms with Crippen molar-refractivity contribution in [2.24, 2.45) is 0 Å². The third kappa shape index (κ3) is 3.75. The number of Topliss-reactive ketones (excluding diaryl/α,β-unsaturated/α-hetero) is 2. The maximum absolute atomic E-state index is 12.9. The molecule has 1 aromatic carbocycles. The van der Waals surface area contributed by atoms with Gasteiger partial charge in [-0.3, -0.25) is 24.1 Å². The van der Waals surface area contributed by atoms with Crippen molar-refractivity contribution in [3.8, 4) is 0 Å². The van der Waals surface area contributed by atoms with Gasteiger partial charge in [-0.1, -0.05) is 35.9 Å². The third-order valence-corrected chi connectivity index (χ3v) is 4.34. The van der Waals surface area contributed by atoms with Crippen molar-refractivity contribution in [1.29, 1.82) is 0 Å². The van der Waals surface area contributed by atoms with Crippen LogP contribution in [-0.4, -0.2) is 54.6 Å². The van der Waals surface area contributed by atoms with E-state index in [1.165, 1.54) is 12.1 Å². The van der Waals surface area contributed by atoms with Crippen LogP contribution in [0.2, 0.25) is 0 Å². The minimum absolute atomic E-state index is 0.0369. The van der Waals surface area contributed by atoms with Gasteiger partial charge in [0.2, 0.25) is 17.5 Å². The van der Waals surface area contributed by atoms with Crippen LogP contribution in [-0.2, 0) is 23.9 Å². The van der Waals surface area contributed by atoms with Crippen LogP contribution in [0.15, 0.2) is 35.0 Å². The van der Waals surface area contributed by atoms with Gasteiger partial charge in [-0.05, 0) is 0 Å². The number of benzene rings is 1. The molecule has 0 spiro atoms. The van der Waals surface area contributed by atoms with E-state index in [4.69, 9.17) is 11.6 Å². The van der Waals surface area contributed by atoms with Gasteiger partial charge in [0.25, 0.3) is 0 Å². The van der Waals surface area contributed by atoms with E-state index in [0.717, 1.165) is 21.1 Å². The minimum atomic E-state index is -1.52. The zero-order valence-electron chi connectivity index (χ0n) is 14.8. The van der Waals surface area contributed by atoms with Crippen LogP contribution in [0.5, 0.6) is 0 Å². The smallest absolute Gasteiger partial charge is 0.329 e. The lowest BCUT2D eigenvalue weighted by Crippen LogP contribution is -2.48. The largest absolute Gasteiger partial charge is 0.469 e. The number of hydrogen-bond acceptors (Lipinski definition) is 7. The van der Waals surface area contributed by atoms with E-state index < -0.39 is 52.6 Å². The quantitative estimate of drug-likeness (QED) is 0.697. The molecule has 0 saturated carbocycles. The Morgan fingerprint density at radius 3 is 2.07 bits per heavy atom. The summed E-state index contributed by atoms with van der Waals surface area (Å²) < 4.78 is 9.18. The molecule has 0 fully saturated rings. The van der Waals surface area contributed by atoms with Gasteiger partial charge in [0.1, 0.15) is 16.8 Å². The molecule has 142 valence electrons. The van der Waals surface area contributed by atoms with Gasteiger partial charge in [0.05, 0.1) is 20.6 Å². The second-order valence-electron chi connectivity index (χ2n) is 5.57. The molecule has 1 amide bonds. The van der Waals surface area contributed by atoms with Crippen LogP contribution < -0.4 is 0 Å². The first-order valence-corrected chi connectivity index (χ1v) is 8.15. The summed E-state index contributed by atoms with van der Waals surface area (Å²) in [6.45, 7) is 1.07. The number of methoxy groups -OCH3 is 2. The number of rotatable bonds is 5. The number of ketones is 2. The molecule has 1 aliphatic carbocycles. The SMILES string of the molecule is COC(=O)C[C@@H](C(=O)OC)N(C(C)=O)C1=C(Cl)C(=O)c2ccccc2C1=O. The van der Waals surface area contributed by atoms with Crippen molar-refractivity contribution < 1.29 is 33.4 Å². The van der Waals surface area contributed by atoms with Crippen LogP contribution >= 0.6 is 11.6 Å². The molecule has 2 rings (SSSR count). The van der Waals surface area contributed by atoms with E-state index in [0.29, 0.717) is 4.90 Å². The summed E-state index contributed by atoms with van der Waals surface area (Å²) in [5.74, 6) is -3.95. The molecule has 1 aliphatic rings. The number of fused-ring (bicyclic) bond motifs is 1. The lowest BCUT2D eigenvalue weighted by atomic mass is 9.91. The Hall–Kier alpha value is -3.00. The van der Waals surface area contributed by atoms with Crippen molar-refractivity contribution in [3.63, 3.8) is 0 Å². The molecule has 0 radical (unpaired) electrons. The lowest BCUT2D eigenvalue weighted by molar-refractivity contribution is -0.155. The van der Waals surface area contributed by atoms with Gasteiger partial charge in [-0.2, -0.15) is 0 Å². The van der Waals surface area contributed by atoms with Crippen molar-refractivity contribution >= 4 is 41.0 Å². The Labute approximate surface area is 159 Å². The van der Waals surface area contributed by atoms with Gasteiger partial charge in [0.15, 0.2) is 0 Å². The van der Waals surface area contributed by atoms with Crippen LogP contribution in [0.4, 0.5) is 0 Å². The molecule has 1 atom stereocenters. The molecule has 9 heteroatoms. The van der Waals surface area contributed by atoms with E-state index in [9.17, 15) is 24.0 Å². The molecular formula is C18H16ClNO7. The molecule has 0 saturated heterocycles. The van der Waals surface area contributed by atoms with Gasteiger partial charge < -0.3 is 9.47 Å². The number of carbonyl (C=O) groups excluding carboxylic acids is 5. The second kappa shape index (κ2) is 8.13. The van der Waals surface area contributed by atoms with Crippen molar-refractivity contribution in [2.75, 3.05) is 14.2 Å². The average Bonchev–Trinajstić information content (AvgIpc) is 2.66. The molecule has 0 N–H and O–H groups in total. The predicted molar refractivity (Wildman–Crippen MR) is 92.9 cm³/mol. The normalized spacial score (nSPS) is 14.4. The van der Waals surface area contributed by atoms with Crippen LogP contribution in [0.1, 0.15) is 34.1 Å². The van der Waals surface area contributed by atoms with Crippen LogP contribution in [0.25, 0.3) is 0 Å². The van der Waals surface area contributed by atoms with Gasteiger partial charge in [0, 0.05) is 18.1 Å². The van der Waals surface area contributed by atoms with E-state index in [1.807, 2.05) is 0 Å². The number of hydrogen-bond donors (Lipinski definition) is 0. The fourth-order valence-corrected chi connectivity index (χ4v) is 3.02. The Morgan fingerprint density at radius 2 is 1.59 bits per heavy atom. The highest BCUT2D eigenvalue weighted by Crippen LogP contribution is 2.32. The van der Waals surface area contributed by atoms with E-state index in [1.54, 1.807) is 12.1 Å². The van der Waals surface area contributed by atoms with Gasteiger partial charge in [-0.15, -0.1) is 0 Å². The number of carbonyl (C=O) groups is 5. The number of esters is 2. The Morgan fingerprint density at radius 1 is 1.04 bits per heavy atom. The highest BCUT2D eigenvalue weighted by molar-refractivity contribution is 6.50. The first-order valence-electron chi connectivity index (χ1n) is 7.77. The second-order valence-corrected chi connectivity index (χ2v) is 5.95. The highest BCUT2D eigenvalue weighted by atomic mass is 35.5. The Bertz CT molecular complexity index is 874. The van der Waals surface area contributed by atoms with Crippen LogP contribution in [0.3, 0.4) is 0 Å². The maximum atomic E-state index is 12.9. The Kier molecular flexibility index (Phi) is 6.12. The lowest BCUT2D eigenvalue weighted by Gasteiger charge is -2.32. The fraction of sp³-hybridized carbons (Fsp3) is 0.278. The number of halogens is 1. The standard InChI is InChI=1S/C18H16ClNO7/c1-9(21)20(12(18(25)27-3)8-13(22)26-2)15-14(19)16(23)10-6-4-5-7-11(10)17(15)24/h4-7,12H,8H2,1-3H3/t12-/m0/s1. The van der Waals surface area contributed by atoms with Crippen LogP contribution in [0, 0.1) is 0 Å². The first kappa shape index (κ1) is 20.3. The summed E-state index contributed by atoms with van der Waals surface area (Å²) in [6.07, 6.45) is -0.584. The molecule has 0 unspecified atom stereocenters. The zero-order chi connectivity index (χ0) is 20.3.